The molecule has 2 aromatic rings. The van der Waals surface area contributed by atoms with E-state index in [9.17, 15) is 9.59 Å². The predicted molar refractivity (Wildman–Crippen MR) is 125 cm³/mol. The number of Topliss-reactive ketones (excluding diaryl/α,β-unsaturated/α-hetero) is 1. The minimum Gasteiger partial charge on any atom is -0.321 e. The van der Waals surface area contributed by atoms with E-state index in [2.05, 4.69) is 35.1 Å². The lowest BCUT2D eigenvalue weighted by Crippen LogP contribution is -2.13. The normalized spacial score (nSPS) is 10.7. The van der Waals surface area contributed by atoms with Gasteiger partial charge in [-0.15, -0.1) is 0 Å². The summed E-state index contributed by atoms with van der Waals surface area (Å²) >= 11 is 3.47. The first kappa shape index (κ1) is 23.3. The second-order valence-corrected chi connectivity index (χ2v) is 8.39. The molecule has 0 aliphatic rings. The lowest BCUT2D eigenvalue weighted by Gasteiger charge is -2.10. The van der Waals surface area contributed by atoms with E-state index < -0.39 is 0 Å². The van der Waals surface area contributed by atoms with Crippen LogP contribution >= 0.6 is 15.9 Å². The number of halogens is 1. The van der Waals surface area contributed by atoms with Crippen molar-refractivity contribution in [1.29, 1.82) is 0 Å². The number of amides is 1. The van der Waals surface area contributed by atoms with Crippen molar-refractivity contribution < 1.29 is 9.59 Å². The van der Waals surface area contributed by atoms with Crippen LogP contribution in [0.3, 0.4) is 0 Å². The Morgan fingerprint density at radius 2 is 1.48 bits per heavy atom. The van der Waals surface area contributed by atoms with Crippen molar-refractivity contribution in [1.82, 2.24) is 0 Å². The van der Waals surface area contributed by atoms with E-state index in [-0.39, 0.29) is 11.7 Å². The quantitative estimate of drug-likeness (QED) is 0.263. The molecule has 0 fully saturated rings. The topological polar surface area (TPSA) is 46.2 Å². The fourth-order valence-electron chi connectivity index (χ4n) is 3.23. The van der Waals surface area contributed by atoms with Crippen molar-refractivity contribution >= 4 is 33.3 Å². The second-order valence-electron chi connectivity index (χ2n) is 7.54. The van der Waals surface area contributed by atoms with Crippen LogP contribution in [0.1, 0.15) is 91.5 Å². The predicted octanol–water partition coefficient (Wildman–Crippen LogP) is 7.59. The van der Waals surface area contributed by atoms with Gasteiger partial charge < -0.3 is 5.32 Å². The van der Waals surface area contributed by atoms with E-state index in [4.69, 9.17) is 0 Å². The van der Waals surface area contributed by atoms with Crippen LogP contribution in [-0.4, -0.2) is 11.7 Å². The van der Waals surface area contributed by atoms with Gasteiger partial charge in [0.1, 0.15) is 0 Å². The fourth-order valence-corrected chi connectivity index (χ4v) is 3.57. The molecule has 0 aromatic heterocycles. The van der Waals surface area contributed by atoms with E-state index in [0.29, 0.717) is 23.2 Å². The Morgan fingerprint density at radius 3 is 2.17 bits per heavy atom. The number of carbonyl (C=O) groups is 2. The number of hydrogen-bond acceptors (Lipinski definition) is 2. The Kier molecular flexibility index (Phi) is 10.1. The van der Waals surface area contributed by atoms with Crippen LogP contribution in [0.5, 0.6) is 0 Å². The van der Waals surface area contributed by atoms with Gasteiger partial charge >= 0.3 is 0 Å². The molecule has 0 saturated carbocycles. The third-order valence-corrected chi connectivity index (χ3v) is 5.77. The van der Waals surface area contributed by atoms with Gasteiger partial charge in [0.25, 0.3) is 5.91 Å². The Balaban J connectivity index is 1.96. The molecule has 2 aromatic carbocycles. The molecule has 1 amide bonds. The maximum Gasteiger partial charge on any atom is 0.255 e. The summed E-state index contributed by atoms with van der Waals surface area (Å²) in [6, 6.07) is 13.2. The number of carbonyl (C=O) groups excluding carboxylic acids is 2. The van der Waals surface area contributed by atoms with Gasteiger partial charge in [0, 0.05) is 22.0 Å². The molecule has 0 bridgehead atoms. The van der Waals surface area contributed by atoms with Gasteiger partial charge in [-0.3, -0.25) is 9.59 Å². The second kappa shape index (κ2) is 12.6. The van der Waals surface area contributed by atoms with Crippen molar-refractivity contribution in [3.8, 4) is 0 Å². The highest BCUT2D eigenvalue weighted by Gasteiger charge is 2.12. The zero-order valence-corrected chi connectivity index (χ0v) is 19.2. The van der Waals surface area contributed by atoms with E-state index in [1.165, 1.54) is 37.7 Å². The van der Waals surface area contributed by atoms with Crippen LogP contribution in [0.25, 0.3) is 0 Å². The first-order valence-electron chi connectivity index (χ1n) is 10.8. The Morgan fingerprint density at radius 1 is 0.828 bits per heavy atom. The van der Waals surface area contributed by atoms with Gasteiger partial charge in [0.05, 0.1) is 5.69 Å². The van der Waals surface area contributed by atoms with Crippen molar-refractivity contribution in [3.63, 3.8) is 0 Å². The summed E-state index contributed by atoms with van der Waals surface area (Å²) in [5, 5.41) is 2.93. The number of nitrogens with one attached hydrogen (secondary N) is 1. The zero-order valence-electron chi connectivity index (χ0n) is 17.6. The van der Waals surface area contributed by atoms with Crippen LogP contribution in [0.4, 0.5) is 5.69 Å². The number of hydrogen-bond donors (Lipinski definition) is 1. The molecule has 1 N–H and O–H groups in total. The van der Waals surface area contributed by atoms with Crippen LogP contribution in [0.2, 0.25) is 0 Å². The van der Waals surface area contributed by atoms with E-state index in [1.807, 2.05) is 30.3 Å². The highest BCUT2D eigenvalue weighted by Crippen LogP contribution is 2.25. The van der Waals surface area contributed by atoms with Gasteiger partial charge in [0.2, 0.25) is 0 Å². The van der Waals surface area contributed by atoms with Crippen LogP contribution in [0.15, 0.2) is 46.9 Å². The largest absolute Gasteiger partial charge is 0.321 e. The maximum atomic E-state index is 12.6. The lowest BCUT2D eigenvalue weighted by atomic mass is 10.0. The number of aryl methyl sites for hydroxylation is 1. The average molecular weight is 458 g/mol. The highest BCUT2D eigenvalue weighted by molar-refractivity contribution is 9.10. The molecule has 4 heteroatoms. The van der Waals surface area contributed by atoms with E-state index in [1.54, 1.807) is 12.1 Å². The smallest absolute Gasteiger partial charge is 0.255 e. The summed E-state index contributed by atoms with van der Waals surface area (Å²) < 4.78 is 0.765. The Labute approximate surface area is 183 Å². The summed E-state index contributed by atoms with van der Waals surface area (Å²) in [6.45, 7) is 4.29. The van der Waals surface area contributed by atoms with Crippen molar-refractivity contribution in [2.75, 3.05) is 5.32 Å². The van der Waals surface area contributed by atoms with E-state index in [0.717, 1.165) is 23.7 Å². The summed E-state index contributed by atoms with van der Waals surface area (Å²) in [4.78, 5) is 24.9. The molecule has 0 heterocycles. The van der Waals surface area contributed by atoms with Gasteiger partial charge in [-0.1, -0.05) is 64.2 Å². The van der Waals surface area contributed by atoms with Crippen molar-refractivity contribution in [2.45, 2.75) is 71.6 Å². The average Bonchev–Trinajstić information content (AvgIpc) is 2.73. The lowest BCUT2D eigenvalue weighted by molar-refractivity contribution is 0.0977. The molecule has 0 atom stereocenters. The Hall–Kier alpha value is -1.94. The molecule has 0 unspecified atom stereocenters. The third kappa shape index (κ3) is 7.77. The summed E-state index contributed by atoms with van der Waals surface area (Å²) in [5.41, 5.74) is 3.14. The molecule has 29 heavy (non-hydrogen) atoms. The monoisotopic (exact) mass is 457 g/mol. The van der Waals surface area contributed by atoms with Crippen molar-refractivity contribution in [2.24, 2.45) is 0 Å². The number of ketones is 1. The number of rotatable bonds is 12. The van der Waals surface area contributed by atoms with Crippen LogP contribution in [-0.2, 0) is 6.42 Å². The maximum absolute atomic E-state index is 12.6. The van der Waals surface area contributed by atoms with Crippen molar-refractivity contribution in [3.05, 3.63) is 63.6 Å². The standard InChI is InChI=1S/C25H32BrNO2/c1-3-5-7-8-9-10-19-12-14-20(15-13-19)25(29)27-23-18-21(16-17-22(23)26)24(28)11-6-4-2/h12-18H,3-11H2,1-2H3,(H,27,29). The summed E-state index contributed by atoms with van der Waals surface area (Å²) in [6.07, 6.45) is 9.77. The molecule has 0 saturated heterocycles. The van der Waals surface area contributed by atoms with Gasteiger partial charge in [-0.2, -0.15) is 0 Å². The first-order chi connectivity index (χ1) is 14.0. The summed E-state index contributed by atoms with van der Waals surface area (Å²) in [7, 11) is 0. The molecule has 0 aliphatic heterocycles. The first-order valence-corrected chi connectivity index (χ1v) is 11.6. The minimum atomic E-state index is -0.168. The van der Waals surface area contributed by atoms with E-state index >= 15 is 0 Å². The molecule has 0 spiro atoms. The molecule has 3 nitrogen and oxygen atoms in total. The fraction of sp³-hybridized carbons (Fsp3) is 0.440. The molecule has 0 aliphatic carbocycles. The number of unbranched alkanes of at least 4 members (excludes halogenated alkanes) is 5. The number of benzene rings is 2. The Bertz CT molecular complexity index is 799. The highest BCUT2D eigenvalue weighted by atomic mass is 79.9. The molecule has 156 valence electrons. The molecular formula is C25H32BrNO2. The third-order valence-electron chi connectivity index (χ3n) is 5.08. The molecule has 2 rings (SSSR count). The van der Waals surface area contributed by atoms with Crippen LogP contribution in [0, 0.1) is 0 Å². The van der Waals surface area contributed by atoms with Gasteiger partial charge in [-0.25, -0.2) is 0 Å². The van der Waals surface area contributed by atoms with Gasteiger partial charge in [-0.05, 0) is 65.0 Å². The van der Waals surface area contributed by atoms with Crippen LogP contribution < -0.4 is 5.32 Å². The minimum absolute atomic E-state index is 0.109. The SMILES string of the molecule is CCCCCCCc1ccc(C(=O)Nc2cc(C(=O)CCCC)ccc2Br)cc1. The molecule has 0 radical (unpaired) electrons. The summed E-state index contributed by atoms with van der Waals surface area (Å²) in [5.74, 6) is -0.0588. The van der Waals surface area contributed by atoms with Gasteiger partial charge in [0.15, 0.2) is 5.78 Å². The number of anilines is 1. The zero-order chi connectivity index (χ0) is 21.1. The molecular weight excluding hydrogens is 426 g/mol.